The lowest BCUT2D eigenvalue weighted by molar-refractivity contribution is -0.130. The zero-order valence-electron chi connectivity index (χ0n) is 23.8. The zero-order chi connectivity index (χ0) is 27.8. The molecule has 6 nitrogen and oxygen atoms in total. The fourth-order valence-electron chi connectivity index (χ4n) is 6.06. The fourth-order valence-corrected chi connectivity index (χ4v) is 7.17. The van der Waals surface area contributed by atoms with Crippen molar-refractivity contribution < 1.29 is 14.4 Å². The van der Waals surface area contributed by atoms with Crippen LogP contribution in [-0.2, 0) is 27.2 Å². The Morgan fingerprint density at radius 1 is 1.13 bits per heavy atom. The van der Waals surface area contributed by atoms with Gasteiger partial charge < -0.3 is 5.32 Å². The van der Waals surface area contributed by atoms with Crippen LogP contribution >= 0.6 is 11.3 Å². The molecule has 1 aromatic heterocycles. The van der Waals surface area contributed by atoms with Crippen LogP contribution in [0.2, 0.25) is 0 Å². The molecule has 1 N–H and O–H groups in total. The predicted octanol–water partition coefficient (Wildman–Crippen LogP) is 6.06. The number of carbonyl (C=O) groups excluding carboxylic acids is 3. The van der Waals surface area contributed by atoms with Gasteiger partial charge in [0.2, 0.25) is 5.91 Å². The highest BCUT2D eigenvalue weighted by Crippen LogP contribution is 2.31. The van der Waals surface area contributed by atoms with Gasteiger partial charge in [0.05, 0.1) is 21.1 Å². The number of Topliss-reactive ketones (excluding diaryl/α,β-unsaturated/α-hetero) is 2. The molecule has 1 aromatic carbocycles. The highest BCUT2D eigenvalue weighted by molar-refractivity contribution is 7.18. The Labute approximate surface area is 237 Å². The summed E-state index contributed by atoms with van der Waals surface area (Å²) in [6, 6.07) is 6.27. The summed E-state index contributed by atoms with van der Waals surface area (Å²) in [5.74, 6) is 0.0538. The molecule has 1 saturated heterocycles. The van der Waals surface area contributed by atoms with Gasteiger partial charge in [0.1, 0.15) is 5.78 Å². The van der Waals surface area contributed by atoms with Crippen LogP contribution in [0.3, 0.4) is 0 Å². The maximum atomic E-state index is 13.7. The molecule has 0 spiro atoms. The molecule has 2 aromatic rings. The Balaban J connectivity index is 1.42. The van der Waals surface area contributed by atoms with Crippen LogP contribution in [0.4, 0.5) is 0 Å². The van der Waals surface area contributed by atoms with Crippen LogP contribution < -0.4 is 5.32 Å². The highest BCUT2D eigenvalue weighted by Gasteiger charge is 2.31. The molecule has 2 heterocycles. The molecule has 0 radical (unpaired) electrons. The third kappa shape index (κ3) is 8.31. The van der Waals surface area contributed by atoms with E-state index in [0.717, 1.165) is 60.4 Å². The number of carbonyl (C=O) groups is 3. The summed E-state index contributed by atoms with van der Waals surface area (Å²) in [6.07, 6.45) is 9.96. The lowest BCUT2D eigenvalue weighted by atomic mass is 9.90. The van der Waals surface area contributed by atoms with Gasteiger partial charge in [-0.2, -0.15) is 0 Å². The van der Waals surface area contributed by atoms with E-state index in [0.29, 0.717) is 43.7 Å². The molecule has 1 amide bonds. The van der Waals surface area contributed by atoms with Gasteiger partial charge in [0.15, 0.2) is 5.78 Å². The number of aryl methyl sites for hydroxylation is 1. The van der Waals surface area contributed by atoms with Gasteiger partial charge in [-0.25, -0.2) is 4.98 Å². The molecule has 0 bridgehead atoms. The number of hydrogen-bond donors (Lipinski definition) is 1. The van der Waals surface area contributed by atoms with Crippen molar-refractivity contribution in [2.24, 2.45) is 11.8 Å². The van der Waals surface area contributed by atoms with Crippen LogP contribution in [0.1, 0.15) is 88.6 Å². The molecule has 2 aliphatic rings. The second kappa shape index (κ2) is 14.3. The molecule has 1 aliphatic carbocycles. The lowest BCUT2D eigenvalue weighted by Gasteiger charge is -2.27. The molecule has 1 saturated carbocycles. The van der Waals surface area contributed by atoms with Gasteiger partial charge in [0.25, 0.3) is 0 Å². The molecule has 4 rings (SSSR count). The first kappa shape index (κ1) is 29.6. The number of fused-ring (bicyclic) bond motifs is 1. The van der Waals surface area contributed by atoms with Crippen LogP contribution in [0.15, 0.2) is 30.4 Å². The average molecular weight is 552 g/mol. The van der Waals surface area contributed by atoms with Crippen LogP contribution in [0.25, 0.3) is 10.2 Å². The van der Waals surface area contributed by atoms with Crippen molar-refractivity contribution in [1.82, 2.24) is 15.2 Å². The van der Waals surface area contributed by atoms with Crippen LogP contribution in [0.5, 0.6) is 0 Å². The molecule has 212 valence electrons. The molecule has 1 aliphatic heterocycles. The number of rotatable bonds is 15. The van der Waals surface area contributed by atoms with Gasteiger partial charge in [-0.15, -0.1) is 11.3 Å². The van der Waals surface area contributed by atoms with Gasteiger partial charge in [-0.05, 0) is 75.2 Å². The van der Waals surface area contributed by atoms with E-state index in [-0.39, 0.29) is 29.9 Å². The van der Waals surface area contributed by atoms with E-state index in [1.165, 1.54) is 18.4 Å². The summed E-state index contributed by atoms with van der Waals surface area (Å²) in [5.41, 5.74) is 2.90. The zero-order valence-corrected chi connectivity index (χ0v) is 24.6. The first-order chi connectivity index (χ1) is 18.9. The SMILES string of the molecule is C=C(CN1CCCC1)C(=O)CC[C@@H](NC(=O)[C@@H](CC(=O)CC)Cc1nc2ccc(CC)cc2s1)C1CCCC1. The van der Waals surface area contributed by atoms with Crippen molar-refractivity contribution in [3.8, 4) is 0 Å². The smallest absolute Gasteiger partial charge is 0.224 e. The number of aromatic nitrogens is 1. The fraction of sp³-hybridized carbons (Fsp3) is 0.625. The minimum absolute atomic E-state index is 0.0507. The minimum atomic E-state index is -0.451. The van der Waals surface area contributed by atoms with Gasteiger partial charge >= 0.3 is 0 Å². The Hall–Kier alpha value is -2.38. The Kier molecular flexibility index (Phi) is 10.9. The van der Waals surface area contributed by atoms with Gasteiger partial charge in [-0.3, -0.25) is 19.3 Å². The lowest BCUT2D eigenvalue weighted by Crippen LogP contribution is -2.44. The van der Waals surface area contributed by atoms with Gasteiger partial charge in [-0.1, -0.05) is 39.3 Å². The summed E-state index contributed by atoms with van der Waals surface area (Å²) in [4.78, 5) is 46.2. The number of nitrogens with one attached hydrogen (secondary N) is 1. The Bertz CT molecular complexity index is 1160. The second-order valence-corrected chi connectivity index (χ2v) is 12.6. The number of ketones is 2. The Morgan fingerprint density at radius 2 is 1.87 bits per heavy atom. The normalized spacial score (nSPS) is 17.9. The summed E-state index contributed by atoms with van der Waals surface area (Å²) >= 11 is 1.62. The molecular formula is C32H45N3O3S. The molecule has 0 unspecified atom stereocenters. The number of thiazole rings is 1. The summed E-state index contributed by atoms with van der Waals surface area (Å²) in [7, 11) is 0. The molecule has 39 heavy (non-hydrogen) atoms. The van der Waals surface area contributed by atoms with E-state index in [1.54, 1.807) is 11.3 Å². The van der Waals surface area contributed by atoms with E-state index in [1.807, 2.05) is 13.0 Å². The predicted molar refractivity (Wildman–Crippen MR) is 159 cm³/mol. The molecule has 2 fully saturated rings. The van der Waals surface area contributed by atoms with Crippen molar-refractivity contribution in [3.63, 3.8) is 0 Å². The van der Waals surface area contributed by atoms with E-state index >= 15 is 0 Å². The number of likely N-dealkylation sites (tertiary alicyclic amines) is 1. The molecule has 7 heteroatoms. The van der Waals surface area contributed by atoms with E-state index in [2.05, 4.69) is 35.9 Å². The van der Waals surface area contributed by atoms with E-state index in [4.69, 9.17) is 4.98 Å². The van der Waals surface area contributed by atoms with Crippen LogP contribution in [-0.4, -0.2) is 53.0 Å². The van der Waals surface area contributed by atoms with Crippen molar-refractivity contribution in [2.75, 3.05) is 19.6 Å². The number of amides is 1. The van der Waals surface area contributed by atoms with E-state index in [9.17, 15) is 14.4 Å². The monoisotopic (exact) mass is 551 g/mol. The van der Waals surface area contributed by atoms with Crippen molar-refractivity contribution in [2.45, 2.75) is 96.9 Å². The third-order valence-electron chi connectivity index (χ3n) is 8.55. The summed E-state index contributed by atoms with van der Waals surface area (Å²) < 4.78 is 1.13. The summed E-state index contributed by atoms with van der Waals surface area (Å²) in [5, 5.41) is 4.22. The van der Waals surface area contributed by atoms with Crippen LogP contribution in [0, 0.1) is 11.8 Å². The van der Waals surface area contributed by atoms with E-state index < -0.39 is 5.92 Å². The summed E-state index contributed by atoms with van der Waals surface area (Å²) in [6.45, 7) is 10.8. The number of benzene rings is 1. The quantitative estimate of drug-likeness (QED) is 0.272. The first-order valence-corrected chi connectivity index (χ1v) is 15.8. The standard InChI is InChI=1S/C32H45N3O3S/c1-4-23-12-13-28-30(18-23)39-31(33-28)20-25(19-26(36)5-2)32(38)34-27(24-10-6-7-11-24)14-15-29(37)22(3)21-35-16-8-9-17-35/h12-13,18,24-25,27H,3-11,14-17,19-21H2,1-2H3,(H,34,38)/t25-,27+/m0/s1. The second-order valence-electron chi connectivity index (χ2n) is 11.5. The molecular weight excluding hydrogens is 506 g/mol. The highest BCUT2D eigenvalue weighted by atomic mass is 32.1. The van der Waals surface area contributed by atoms with Gasteiger partial charge in [0, 0.05) is 43.8 Å². The largest absolute Gasteiger partial charge is 0.353 e. The number of hydrogen-bond acceptors (Lipinski definition) is 6. The maximum Gasteiger partial charge on any atom is 0.224 e. The third-order valence-corrected chi connectivity index (χ3v) is 9.59. The average Bonchev–Trinajstić information content (AvgIpc) is 3.72. The Morgan fingerprint density at radius 3 is 2.56 bits per heavy atom. The topological polar surface area (TPSA) is 79.4 Å². The first-order valence-electron chi connectivity index (χ1n) is 15.0. The molecule has 2 atom stereocenters. The van der Waals surface area contributed by atoms with Crippen molar-refractivity contribution in [3.05, 3.63) is 40.9 Å². The number of nitrogens with zero attached hydrogens (tertiary/aromatic N) is 2. The maximum absolute atomic E-state index is 13.7. The van der Waals surface area contributed by atoms with Crippen molar-refractivity contribution >= 4 is 39.0 Å². The van der Waals surface area contributed by atoms with Crippen molar-refractivity contribution in [1.29, 1.82) is 0 Å². The minimum Gasteiger partial charge on any atom is -0.353 e.